The minimum absolute atomic E-state index is 0.262. The number of ether oxygens (including phenoxy) is 1. The number of hydrogen-bond acceptors (Lipinski definition) is 5. The van der Waals surface area contributed by atoms with Gasteiger partial charge in [0.25, 0.3) is 5.91 Å². The van der Waals surface area contributed by atoms with Crippen LogP contribution >= 0.6 is 0 Å². The molecule has 1 aromatic carbocycles. The van der Waals surface area contributed by atoms with Crippen molar-refractivity contribution in [3.8, 4) is 0 Å². The number of amides is 3. The number of furan rings is 1. The summed E-state index contributed by atoms with van der Waals surface area (Å²) in [5.74, 6) is -0.436. The van der Waals surface area contributed by atoms with Crippen LogP contribution in [-0.2, 0) is 16.1 Å². The van der Waals surface area contributed by atoms with E-state index >= 15 is 0 Å². The summed E-state index contributed by atoms with van der Waals surface area (Å²) in [6.07, 6.45) is 1.51. The lowest BCUT2D eigenvalue weighted by Gasteiger charge is -2.11. The fourth-order valence-corrected chi connectivity index (χ4v) is 2.05. The predicted molar refractivity (Wildman–Crippen MR) is 88.4 cm³/mol. The molecular weight excluding hydrogens is 326 g/mol. The molecular formula is C17H19N3O5. The van der Waals surface area contributed by atoms with Gasteiger partial charge in [-0.2, -0.15) is 0 Å². The summed E-state index contributed by atoms with van der Waals surface area (Å²) >= 11 is 0. The second kappa shape index (κ2) is 8.53. The Morgan fingerprint density at radius 3 is 2.52 bits per heavy atom. The van der Waals surface area contributed by atoms with Gasteiger partial charge >= 0.3 is 12.0 Å². The van der Waals surface area contributed by atoms with E-state index in [9.17, 15) is 14.4 Å². The van der Waals surface area contributed by atoms with E-state index in [1.54, 1.807) is 43.3 Å². The fraction of sp³-hybridized carbons (Fsp3) is 0.235. The Bertz CT molecular complexity index is 725. The van der Waals surface area contributed by atoms with E-state index in [0.29, 0.717) is 11.3 Å². The molecule has 3 amide bonds. The van der Waals surface area contributed by atoms with E-state index in [2.05, 4.69) is 10.6 Å². The highest BCUT2D eigenvalue weighted by Crippen LogP contribution is 2.12. The van der Waals surface area contributed by atoms with Gasteiger partial charge in [0.15, 0.2) is 6.61 Å². The summed E-state index contributed by atoms with van der Waals surface area (Å²) in [6, 6.07) is 8.92. The quantitative estimate of drug-likeness (QED) is 0.656. The van der Waals surface area contributed by atoms with Gasteiger partial charge in [-0.25, -0.2) is 9.59 Å². The topological polar surface area (TPSA) is 124 Å². The maximum absolute atomic E-state index is 11.9. The molecule has 0 aliphatic heterocycles. The molecule has 132 valence electrons. The standard InChI is InChI=1S/C17H19N3O5/c1-11(14-3-2-8-24-14)20-15(21)10-25-16(22)13-6-4-12(5-7-13)9-19-17(18)23/h2-8,11H,9-10H2,1H3,(H,20,21)(H3,18,19,23)/t11-/m0/s1. The third-order valence-corrected chi connectivity index (χ3v) is 3.34. The summed E-state index contributed by atoms with van der Waals surface area (Å²) in [7, 11) is 0. The molecule has 0 saturated heterocycles. The highest BCUT2D eigenvalue weighted by molar-refractivity contribution is 5.91. The number of nitrogens with two attached hydrogens (primary N) is 1. The van der Waals surface area contributed by atoms with Gasteiger partial charge in [0, 0.05) is 6.54 Å². The first kappa shape index (κ1) is 18.1. The first-order valence-corrected chi connectivity index (χ1v) is 7.58. The molecule has 0 unspecified atom stereocenters. The molecule has 8 nitrogen and oxygen atoms in total. The monoisotopic (exact) mass is 345 g/mol. The first-order valence-electron chi connectivity index (χ1n) is 7.58. The number of nitrogens with one attached hydrogen (secondary N) is 2. The zero-order chi connectivity index (χ0) is 18.2. The van der Waals surface area contributed by atoms with Gasteiger partial charge in [-0.1, -0.05) is 12.1 Å². The maximum atomic E-state index is 11.9. The third-order valence-electron chi connectivity index (χ3n) is 3.34. The second-order valence-electron chi connectivity index (χ2n) is 5.30. The molecule has 1 aromatic heterocycles. The number of primary amides is 1. The van der Waals surface area contributed by atoms with Gasteiger partial charge in [-0.15, -0.1) is 0 Å². The van der Waals surface area contributed by atoms with E-state index in [0.717, 1.165) is 5.56 Å². The van der Waals surface area contributed by atoms with Crippen molar-refractivity contribution in [2.75, 3.05) is 6.61 Å². The smallest absolute Gasteiger partial charge is 0.338 e. The molecule has 0 aliphatic carbocycles. The van der Waals surface area contributed by atoms with Crippen LogP contribution in [-0.4, -0.2) is 24.5 Å². The lowest BCUT2D eigenvalue weighted by atomic mass is 10.1. The van der Waals surface area contributed by atoms with Gasteiger partial charge in [-0.05, 0) is 36.8 Å². The van der Waals surface area contributed by atoms with Gasteiger partial charge in [-0.3, -0.25) is 4.79 Å². The Balaban J connectivity index is 1.79. The van der Waals surface area contributed by atoms with E-state index < -0.39 is 24.5 Å². The average molecular weight is 345 g/mol. The van der Waals surface area contributed by atoms with Crippen LogP contribution in [0, 0.1) is 0 Å². The van der Waals surface area contributed by atoms with Crippen molar-refractivity contribution in [2.45, 2.75) is 19.5 Å². The van der Waals surface area contributed by atoms with Crippen molar-refractivity contribution in [1.82, 2.24) is 10.6 Å². The van der Waals surface area contributed by atoms with E-state index in [-0.39, 0.29) is 12.6 Å². The Labute approximate surface area is 144 Å². The molecule has 0 fully saturated rings. The minimum atomic E-state index is -0.627. The number of benzene rings is 1. The van der Waals surface area contributed by atoms with Crippen LogP contribution in [0.25, 0.3) is 0 Å². The van der Waals surface area contributed by atoms with Gasteiger partial charge in [0.05, 0.1) is 17.9 Å². The molecule has 25 heavy (non-hydrogen) atoms. The lowest BCUT2D eigenvalue weighted by Crippen LogP contribution is -2.31. The van der Waals surface area contributed by atoms with Gasteiger partial charge in [0.1, 0.15) is 5.76 Å². The van der Waals surface area contributed by atoms with Crippen LogP contribution in [0.3, 0.4) is 0 Å². The summed E-state index contributed by atoms with van der Waals surface area (Å²) in [4.78, 5) is 34.4. The van der Waals surface area contributed by atoms with E-state index in [4.69, 9.17) is 14.9 Å². The van der Waals surface area contributed by atoms with E-state index in [1.165, 1.54) is 6.26 Å². The molecule has 0 saturated carbocycles. The maximum Gasteiger partial charge on any atom is 0.338 e. The number of carbonyl (C=O) groups is 3. The summed E-state index contributed by atoms with van der Waals surface area (Å²) in [6.45, 7) is 1.63. The van der Waals surface area contributed by atoms with Crippen LogP contribution in [0.4, 0.5) is 4.79 Å². The van der Waals surface area contributed by atoms with Crippen molar-refractivity contribution in [3.05, 3.63) is 59.5 Å². The zero-order valence-electron chi connectivity index (χ0n) is 13.7. The molecule has 2 rings (SSSR count). The van der Waals surface area contributed by atoms with Crippen LogP contribution in [0.15, 0.2) is 47.1 Å². The molecule has 0 aliphatic rings. The van der Waals surface area contributed by atoms with Crippen molar-refractivity contribution in [3.63, 3.8) is 0 Å². The number of hydrogen-bond donors (Lipinski definition) is 3. The predicted octanol–water partition coefficient (Wildman–Crippen LogP) is 1.48. The largest absolute Gasteiger partial charge is 0.467 e. The van der Waals surface area contributed by atoms with Crippen LogP contribution < -0.4 is 16.4 Å². The molecule has 8 heteroatoms. The van der Waals surface area contributed by atoms with Crippen LogP contribution in [0.5, 0.6) is 0 Å². The highest BCUT2D eigenvalue weighted by Gasteiger charge is 2.14. The van der Waals surface area contributed by atoms with Crippen molar-refractivity contribution in [1.29, 1.82) is 0 Å². The third kappa shape index (κ3) is 5.69. The van der Waals surface area contributed by atoms with Crippen LogP contribution in [0.2, 0.25) is 0 Å². The zero-order valence-corrected chi connectivity index (χ0v) is 13.7. The van der Waals surface area contributed by atoms with Crippen molar-refractivity contribution >= 4 is 17.9 Å². The summed E-state index contributed by atoms with van der Waals surface area (Å²) in [5, 5.41) is 5.11. The number of rotatable bonds is 7. The van der Waals surface area contributed by atoms with Gasteiger partial charge in [0.2, 0.25) is 0 Å². The minimum Gasteiger partial charge on any atom is -0.467 e. The number of urea groups is 1. The number of carbonyl (C=O) groups excluding carboxylic acids is 3. The molecule has 0 bridgehead atoms. The highest BCUT2D eigenvalue weighted by atomic mass is 16.5. The Morgan fingerprint density at radius 2 is 1.92 bits per heavy atom. The SMILES string of the molecule is C[C@H](NC(=O)COC(=O)c1ccc(CNC(N)=O)cc1)c1ccco1. The van der Waals surface area contributed by atoms with Crippen LogP contribution in [0.1, 0.15) is 34.6 Å². The molecule has 2 aromatic rings. The Kier molecular flexibility index (Phi) is 6.16. The number of esters is 1. The molecule has 4 N–H and O–H groups in total. The molecule has 1 atom stereocenters. The van der Waals surface area contributed by atoms with E-state index in [1.807, 2.05) is 0 Å². The summed E-state index contributed by atoms with van der Waals surface area (Å²) in [5.41, 5.74) is 6.06. The first-order chi connectivity index (χ1) is 12.0. The normalized spacial score (nSPS) is 11.4. The average Bonchev–Trinajstić information content (AvgIpc) is 3.13. The van der Waals surface area contributed by atoms with Gasteiger partial charge < -0.3 is 25.5 Å². The Hall–Kier alpha value is -3.29. The summed E-state index contributed by atoms with van der Waals surface area (Å²) < 4.78 is 10.2. The fourth-order valence-electron chi connectivity index (χ4n) is 2.05. The molecule has 1 heterocycles. The second-order valence-corrected chi connectivity index (χ2v) is 5.30. The van der Waals surface area contributed by atoms with Crippen molar-refractivity contribution in [2.24, 2.45) is 5.73 Å². The molecule has 0 radical (unpaired) electrons. The lowest BCUT2D eigenvalue weighted by molar-refractivity contribution is -0.125. The molecule has 0 spiro atoms. The Morgan fingerprint density at radius 1 is 1.20 bits per heavy atom. The van der Waals surface area contributed by atoms with Crippen molar-refractivity contribution < 1.29 is 23.5 Å².